The molecule has 2 rings (SSSR count). The number of aryl methyl sites for hydroxylation is 1. The third-order valence-corrected chi connectivity index (χ3v) is 3.19. The van der Waals surface area contributed by atoms with E-state index in [9.17, 15) is 0 Å². The van der Waals surface area contributed by atoms with E-state index in [2.05, 4.69) is 37.3 Å². The minimum absolute atomic E-state index is 0.973. The molecule has 14 heavy (non-hydrogen) atoms. The van der Waals surface area contributed by atoms with Crippen LogP contribution in [0, 0.1) is 6.92 Å². The summed E-state index contributed by atoms with van der Waals surface area (Å²) in [6, 6.07) is 12.5. The molecule has 0 saturated heterocycles. The molecule has 0 radical (unpaired) electrons. The highest BCUT2D eigenvalue weighted by Crippen LogP contribution is 2.35. The molecule has 0 aliphatic rings. The van der Waals surface area contributed by atoms with Crippen LogP contribution in [0.3, 0.4) is 0 Å². The van der Waals surface area contributed by atoms with Crippen LogP contribution in [0.25, 0.3) is 11.1 Å². The minimum Gasteiger partial charge on any atom is -0.487 e. The topological polar surface area (TPSA) is 9.23 Å². The molecule has 1 nitrogen and oxygen atoms in total. The monoisotopic (exact) mass is 204 g/mol. The Hall–Kier alpha value is -1.28. The Labute approximate surface area is 88.0 Å². The first-order chi connectivity index (χ1) is 6.81. The fourth-order valence-corrected chi connectivity index (χ4v) is 2.31. The molecule has 0 aliphatic carbocycles. The number of rotatable bonds is 2. The van der Waals surface area contributed by atoms with Crippen molar-refractivity contribution in [2.24, 2.45) is 0 Å². The number of hydrogen-bond acceptors (Lipinski definition) is 2. The summed E-state index contributed by atoms with van der Waals surface area (Å²) in [5, 5.41) is 0.973. The highest BCUT2D eigenvalue weighted by atomic mass is 32.1. The summed E-state index contributed by atoms with van der Waals surface area (Å²) >= 11 is 1.69. The number of methoxy groups -OCH3 is 1. The van der Waals surface area contributed by atoms with E-state index in [0.717, 1.165) is 5.06 Å². The second-order valence-corrected chi connectivity index (χ2v) is 4.32. The van der Waals surface area contributed by atoms with Gasteiger partial charge in [0.15, 0.2) is 5.06 Å². The predicted octanol–water partition coefficient (Wildman–Crippen LogP) is 3.73. The van der Waals surface area contributed by atoms with E-state index >= 15 is 0 Å². The molecule has 0 fully saturated rings. The third-order valence-electron chi connectivity index (χ3n) is 2.18. The van der Waals surface area contributed by atoms with Gasteiger partial charge >= 0.3 is 0 Å². The SMILES string of the molecule is COc1cc(-c2ccccc2)c(C)s1. The van der Waals surface area contributed by atoms with Crippen molar-refractivity contribution in [1.29, 1.82) is 0 Å². The van der Waals surface area contributed by atoms with E-state index in [1.54, 1.807) is 18.4 Å². The molecule has 0 amide bonds. The summed E-state index contributed by atoms with van der Waals surface area (Å²) in [5.41, 5.74) is 2.53. The van der Waals surface area contributed by atoms with Crippen LogP contribution >= 0.6 is 11.3 Å². The number of thiophene rings is 1. The summed E-state index contributed by atoms with van der Waals surface area (Å²) in [6.45, 7) is 2.12. The average molecular weight is 204 g/mol. The molecule has 1 aromatic carbocycles. The first-order valence-electron chi connectivity index (χ1n) is 4.51. The van der Waals surface area contributed by atoms with Gasteiger partial charge in [-0.1, -0.05) is 30.3 Å². The fourth-order valence-electron chi connectivity index (χ4n) is 1.46. The maximum atomic E-state index is 5.22. The van der Waals surface area contributed by atoms with Crippen molar-refractivity contribution in [2.45, 2.75) is 6.92 Å². The van der Waals surface area contributed by atoms with E-state index in [4.69, 9.17) is 4.74 Å². The Morgan fingerprint density at radius 1 is 1.14 bits per heavy atom. The highest BCUT2D eigenvalue weighted by molar-refractivity contribution is 7.14. The quantitative estimate of drug-likeness (QED) is 0.724. The van der Waals surface area contributed by atoms with Crippen molar-refractivity contribution in [1.82, 2.24) is 0 Å². The Balaban J connectivity index is 2.46. The van der Waals surface area contributed by atoms with Gasteiger partial charge in [-0.05, 0) is 24.1 Å². The second-order valence-electron chi connectivity index (χ2n) is 3.11. The van der Waals surface area contributed by atoms with E-state index in [-0.39, 0.29) is 0 Å². The second kappa shape index (κ2) is 3.84. The summed E-state index contributed by atoms with van der Waals surface area (Å²) in [6.07, 6.45) is 0. The van der Waals surface area contributed by atoms with Gasteiger partial charge in [-0.2, -0.15) is 0 Å². The van der Waals surface area contributed by atoms with Crippen LogP contribution < -0.4 is 4.74 Å². The van der Waals surface area contributed by atoms with Crippen molar-refractivity contribution in [3.63, 3.8) is 0 Å². The van der Waals surface area contributed by atoms with E-state index in [0.29, 0.717) is 0 Å². The van der Waals surface area contributed by atoms with Crippen LogP contribution in [-0.4, -0.2) is 7.11 Å². The van der Waals surface area contributed by atoms with Crippen molar-refractivity contribution in [3.05, 3.63) is 41.3 Å². The van der Waals surface area contributed by atoms with Crippen molar-refractivity contribution < 1.29 is 4.74 Å². The zero-order valence-electron chi connectivity index (χ0n) is 8.28. The van der Waals surface area contributed by atoms with E-state index in [1.165, 1.54) is 16.0 Å². The van der Waals surface area contributed by atoms with Gasteiger partial charge < -0.3 is 4.74 Å². The third kappa shape index (κ3) is 1.66. The lowest BCUT2D eigenvalue weighted by Crippen LogP contribution is -1.76. The Morgan fingerprint density at radius 3 is 2.43 bits per heavy atom. The molecule has 0 atom stereocenters. The van der Waals surface area contributed by atoms with Crippen LogP contribution in [-0.2, 0) is 0 Å². The Morgan fingerprint density at radius 2 is 1.86 bits per heavy atom. The van der Waals surface area contributed by atoms with Crippen molar-refractivity contribution in [3.8, 4) is 16.2 Å². The zero-order chi connectivity index (χ0) is 9.97. The molecule has 72 valence electrons. The molecule has 0 unspecified atom stereocenters. The van der Waals surface area contributed by atoms with Gasteiger partial charge in [0, 0.05) is 4.88 Å². The first-order valence-corrected chi connectivity index (χ1v) is 5.33. The number of hydrogen-bond donors (Lipinski definition) is 0. The fraction of sp³-hybridized carbons (Fsp3) is 0.167. The van der Waals surface area contributed by atoms with Crippen LogP contribution in [0.4, 0.5) is 0 Å². The molecule has 0 saturated carbocycles. The molecule has 1 heterocycles. The highest BCUT2D eigenvalue weighted by Gasteiger charge is 2.06. The smallest absolute Gasteiger partial charge is 0.174 e. The molecule has 2 heteroatoms. The Kier molecular flexibility index (Phi) is 2.55. The van der Waals surface area contributed by atoms with E-state index in [1.807, 2.05) is 6.07 Å². The molecule has 0 spiro atoms. The lowest BCUT2D eigenvalue weighted by atomic mass is 10.1. The maximum absolute atomic E-state index is 5.22. The van der Waals surface area contributed by atoms with Crippen LogP contribution in [0.2, 0.25) is 0 Å². The molecule has 2 aromatic rings. The molecule has 0 aliphatic heterocycles. The average Bonchev–Trinajstić information content (AvgIpc) is 2.61. The summed E-state index contributed by atoms with van der Waals surface area (Å²) < 4.78 is 5.22. The van der Waals surface area contributed by atoms with Gasteiger partial charge in [0.25, 0.3) is 0 Å². The number of benzene rings is 1. The zero-order valence-corrected chi connectivity index (χ0v) is 9.10. The standard InChI is InChI=1S/C12H12OS/c1-9-11(8-12(13-2)14-9)10-6-4-3-5-7-10/h3-8H,1-2H3. The minimum atomic E-state index is 0.973. The lowest BCUT2D eigenvalue weighted by molar-refractivity contribution is 0.427. The van der Waals surface area contributed by atoms with Gasteiger partial charge in [-0.3, -0.25) is 0 Å². The van der Waals surface area contributed by atoms with Crippen molar-refractivity contribution >= 4 is 11.3 Å². The van der Waals surface area contributed by atoms with Gasteiger partial charge in [-0.15, -0.1) is 11.3 Å². The summed E-state index contributed by atoms with van der Waals surface area (Å²) in [5.74, 6) is 0. The van der Waals surface area contributed by atoms with Crippen molar-refractivity contribution in [2.75, 3.05) is 7.11 Å². The van der Waals surface area contributed by atoms with Gasteiger partial charge in [0.1, 0.15) is 0 Å². The largest absolute Gasteiger partial charge is 0.487 e. The van der Waals surface area contributed by atoms with E-state index < -0.39 is 0 Å². The number of ether oxygens (including phenoxy) is 1. The van der Waals surface area contributed by atoms with Crippen LogP contribution in [0.5, 0.6) is 5.06 Å². The molecule has 1 aromatic heterocycles. The van der Waals surface area contributed by atoms with Crippen LogP contribution in [0.1, 0.15) is 4.88 Å². The lowest BCUT2D eigenvalue weighted by Gasteiger charge is -1.97. The predicted molar refractivity (Wildman–Crippen MR) is 61.0 cm³/mol. The first kappa shape index (κ1) is 9.28. The summed E-state index contributed by atoms with van der Waals surface area (Å²) in [7, 11) is 1.71. The summed E-state index contributed by atoms with van der Waals surface area (Å²) in [4.78, 5) is 1.30. The maximum Gasteiger partial charge on any atom is 0.174 e. The van der Waals surface area contributed by atoms with Gasteiger partial charge in [0.05, 0.1) is 7.11 Å². The molecule has 0 bridgehead atoms. The van der Waals surface area contributed by atoms with Crippen LogP contribution in [0.15, 0.2) is 36.4 Å². The molecular formula is C12H12OS. The molecule has 0 N–H and O–H groups in total. The van der Waals surface area contributed by atoms with Gasteiger partial charge in [-0.25, -0.2) is 0 Å². The van der Waals surface area contributed by atoms with Gasteiger partial charge in [0.2, 0.25) is 0 Å². The normalized spacial score (nSPS) is 10.1. The molecular weight excluding hydrogens is 192 g/mol. The Bertz CT molecular complexity index is 417.